The van der Waals surface area contributed by atoms with Crippen molar-refractivity contribution in [2.24, 2.45) is 7.05 Å². The molecule has 0 spiro atoms. The Hall–Kier alpha value is -2.87. The van der Waals surface area contributed by atoms with E-state index in [1.807, 2.05) is 46.0 Å². The zero-order valence-electron chi connectivity index (χ0n) is 15.0. The van der Waals surface area contributed by atoms with E-state index >= 15 is 0 Å². The van der Waals surface area contributed by atoms with Gasteiger partial charge in [-0.2, -0.15) is 5.10 Å². The summed E-state index contributed by atoms with van der Waals surface area (Å²) >= 11 is 1.32. The molecule has 2 N–H and O–H groups in total. The van der Waals surface area contributed by atoms with Crippen molar-refractivity contribution in [3.63, 3.8) is 0 Å². The number of hydrogen-bond donors (Lipinski definition) is 2. The first-order valence-corrected chi connectivity index (χ1v) is 8.89. The fourth-order valence-corrected chi connectivity index (χ4v) is 3.57. The standard InChI is InChI=1S/C18H20N4O3S/c1-10-5-6-11(2)14(7-10)25-9-16(23)19-20-17(24)15-8-13-12(3)21-22(4)18(13)26-15/h5-8H,9H2,1-4H3,(H,19,23)(H,20,24). The van der Waals surface area contributed by atoms with Crippen LogP contribution in [-0.2, 0) is 11.8 Å². The number of amides is 2. The van der Waals surface area contributed by atoms with Crippen LogP contribution < -0.4 is 15.6 Å². The molecule has 2 aromatic heterocycles. The molecule has 1 aromatic carbocycles. The molecule has 0 saturated carbocycles. The summed E-state index contributed by atoms with van der Waals surface area (Å²) in [7, 11) is 1.83. The lowest BCUT2D eigenvalue weighted by Gasteiger charge is -2.10. The summed E-state index contributed by atoms with van der Waals surface area (Å²) in [4.78, 5) is 25.6. The number of ether oxygens (including phenoxy) is 1. The minimum Gasteiger partial charge on any atom is -0.483 e. The van der Waals surface area contributed by atoms with Gasteiger partial charge in [-0.3, -0.25) is 25.1 Å². The maximum absolute atomic E-state index is 12.2. The van der Waals surface area contributed by atoms with E-state index in [0.717, 1.165) is 27.0 Å². The fourth-order valence-electron chi connectivity index (χ4n) is 2.55. The molecular weight excluding hydrogens is 352 g/mol. The third-order valence-electron chi connectivity index (χ3n) is 3.94. The van der Waals surface area contributed by atoms with E-state index in [1.165, 1.54) is 11.3 Å². The average Bonchev–Trinajstić information content (AvgIpc) is 3.15. The van der Waals surface area contributed by atoms with Gasteiger partial charge in [0.25, 0.3) is 11.8 Å². The number of fused-ring (bicyclic) bond motifs is 1. The highest BCUT2D eigenvalue weighted by atomic mass is 32.1. The number of aryl methyl sites for hydroxylation is 4. The molecule has 0 unspecified atom stereocenters. The van der Waals surface area contributed by atoms with Gasteiger partial charge in [0.15, 0.2) is 6.61 Å². The van der Waals surface area contributed by atoms with Crippen LogP contribution in [0.3, 0.4) is 0 Å². The van der Waals surface area contributed by atoms with Gasteiger partial charge in [0.05, 0.1) is 10.6 Å². The minimum atomic E-state index is -0.432. The molecule has 26 heavy (non-hydrogen) atoms. The van der Waals surface area contributed by atoms with Crippen LogP contribution in [0.1, 0.15) is 26.5 Å². The lowest BCUT2D eigenvalue weighted by molar-refractivity contribution is -0.123. The van der Waals surface area contributed by atoms with E-state index in [2.05, 4.69) is 16.0 Å². The largest absolute Gasteiger partial charge is 0.483 e. The van der Waals surface area contributed by atoms with Gasteiger partial charge in [-0.15, -0.1) is 11.3 Å². The van der Waals surface area contributed by atoms with Gasteiger partial charge < -0.3 is 4.74 Å². The summed E-state index contributed by atoms with van der Waals surface area (Å²) < 4.78 is 7.25. The smallest absolute Gasteiger partial charge is 0.279 e. The van der Waals surface area contributed by atoms with Crippen molar-refractivity contribution in [2.45, 2.75) is 20.8 Å². The molecule has 8 heteroatoms. The van der Waals surface area contributed by atoms with Crippen molar-refractivity contribution in [2.75, 3.05) is 6.61 Å². The predicted octanol–water partition coefficient (Wildman–Crippen LogP) is 2.40. The van der Waals surface area contributed by atoms with Gasteiger partial charge in [0, 0.05) is 12.4 Å². The van der Waals surface area contributed by atoms with Crippen molar-refractivity contribution in [1.82, 2.24) is 20.6 Å². The fraction of sp³-hybridized carbons (Fsp3) is 0.278. The van der Waals surface area contributed by atoms with Gasteiger partial charge >= 0.3 is 0 Å². The molecule has 136 valence electrons. The molecule has 0 saturated heterocycles. The van der Waals surface area contributed by atoms with Crippen LogP contribution in [0.25, 0.3) is 10.2 Å². The number of carbonyl (C=O) groups excluding carboxylic acids is 2. The Morgan fingerprint density at radius 2 is 1.96 bits per heavy atom. The number of thiophene rings is 1. The number of benzene rings is 1. The first kappa shape index (κ1) is 17.9. The molecule has 3 aromatic rings. The normalized spacial score (nSPS) is 10.8. The van der Waals surface area contributed by atoms with E-state index < -0.39 is 5.91 Å². The van der Waals surface area contributed by atoms with Crippen molar-refractivity contribution in [3.05, 3.63) is 46.0 Å². The van der Waals surface area contributed by atoms with E-state index in [-0.39, 0.29) is 12.5 Å². The highest BCUT2D eigenvalue weighted by Crippen LogP contribution is 2.27. The number of nitrogens with one attached hydrogen (secondary N) is 2. The summed E-state index contributed by atoms with van der Waals surface area (Å²) in [5.41, 5.74) is 7.65. The molecular formula is C18H20N4O3S. The summed E-state index contributed by atoms with van der Waals surface area (Å²) in [5.74, 6) is -0.150. The molecule has 3 rings (SSSR count). The van der Waals surface area contributed by atoms with Gasteiger partial charge in [-0.25, -0.2) is 0 Å². The zero-order valence-corrected chi connectivity index (χ0v) is 15.9. The molecule has 0 fully saturated rings. The minimum absolute atomic E-state index is 0.181. The van der Waals surface area contributed by atoms with Crippen molar-refractivity contribution in [3.8, 4) is 5.75 Å². The molecule has 0 atom stereocenters. The molecule has 2 heterocycles. The van der Waals surface area contributed by atoms with Crippen molar-refractivity contribution < 1.29 is 14.3 Å². The molecule has 0 aliphatic heterocycles. The number of aromatic nitrogens is 2. The first-order valence-electron chi connectivity index (χ1n) is 8.07. The second-order valence-corrected chi connectivity index (χ2v) is 7.13. The maximum atomic E-state index is 12.2. The second-order valence-electron chi connectivity index (χ2n) is 6.10. The van der Waals surface area contributed by atoms with E-state index in [1.54, 1.807) is 10.7 Å². The maximum Gasteiger partial charge on any atom is 0.279 e. The molecule has 2 amide bonds. The summed E-state index contributed by atoms with van der Waals surface area (Å²) in [5, 5.41) is 5.24. The van der Waals surface area contributed by atoms with Crippen molar-refractivity contribution >= 4 is 33.4 Å². The Labute approximate surface area is 154 Å². The van der Waals surface area contributed by atoms with Crippen LogP contribution in [0.5, 0.6) is 5.75 Å². The molecule has 0 bridgehead atoms. The molecule has 0 aliphatic rings. The zero-order chi connectivity index (χ0) is 18.8. The number of hydrazine groups is 1. The van der Waals surface area contributed by atoms with Crippen LogP contribution in [-0.4, -0.2) is 28.2 Å². The lowest BCUT2D eigenvalue weighted by atomic mass is 10.1. The predicted molar refractivity (Wildman–Crippen MR) is 100 cm³/mol. The van der Waals surface area contributed by atoms with Gasteiger partial charge in [-0.05, 0) is 44.0 Å². The SMILES string of the molecule is Cc1ccc(C)c(OCC(=O)NNC(=O)c2cc3c(C)nn(C)c3s2)c1. The van der Waals surface area contributed by atoms with Gasteiger partial charge in [0.1, 0.15) is 10.6 Å². The summed E-state index contributed by atoms with van der Waals surface area (Å²) in [6.07, 6.45) is 0. The number of nitrogens with zero attached hydrogens (tertiary/aromatic N) is 2. The van der Waals surface area contributed by atoms with E-state index in [9.17, 15) is 9.59 Å². The van der Waals surface area contributed by atoms with E-state index in [4.69, 9.17) is 4.74 Å². The number of rotatable bonds is 4. The highest BCUT2D eigenvalue weighted by Gasteiger charge is 2.15. The Morgan fingerprint density at radius 3 is 2.69 bits per heavy atom. The third-order valence-corrected chi connectivity index (χ3v) is 5.14. The first-order chi connectivity index (χ1) is 12.3. The average molecular weight is 372 g/mol. The lowest BCUT2D eigenvalue weighted by Crippen LogP contribution is -2.43. The van der Waals surface area contributed by atoms with Crippen LogP contribution in [0.4, 0.5) is 0 Å². The van der Waals surface area contributed by atoms with Crippen molar-refractivity contribution in [1.29, 1.82) is 0 Å². The van der Waals surface area contributed by atoms with Crippen LogP contribution in [0, 0.1) is 20.8 Å². The van der Waals surface area contributed by atoms with Crippen LogP contribution in [0.15, 0.2) is 24.3 Å². The molecule has 0 radical (unpaired) electrons. The molecule has 7 nitrogen and oxygen atoms in total. The van der Waals surface area contributed by atoms with Crippen LogP contribution >= 0.6 is 11.3 Å². The number of hydrogen-bond acceptors (Lipinski definition) is 5. The van der Waals surface area contributed by atoms with Gasteiger partial charge in [0.2, 0.25) is 0 Å². The summed E-state index contributed by atoms with van der Waals surface area (Å²) in [6, 6.07) is 7.55. The Bertz CT molecular complexity index is 955. The quantitative estimate of drug-likeness (QED) is 0.689. The van der Waals surface area contributed by atoms with Gasteiger partial charge in [-0.1, -0.05) is 12.1 Å². The Morgan fingerprint density at radius 1 is 1.19 bits per heavy atom. The summed E-state index contributed by atoms with van der Waals surface area (Å²) in [6.45, 7) is 5.57. The van der Waals surface area contributed by atoms with E-state index in [0.29, 0.717) is 10.6 Å². The number of carbonyl (C=O) groups is 2. The highest BCUT2D eigenvalue weighted by molar-refractivity contribution is 7.20. The molecule has 0 aliphatic carbocycles. The Balaban J connectivity index is 1.55. The topological polar surface area (TPSA) is 85.2 Å². The second kappa shape index (κ2) is 7.17. The Kier molecular flexibility index (Phi) is 4.94. The monoisotopic (exact) mass is 372 g/mol. The third kappa shape index (κ3) is 3.70. The van der Waals surface area contributed by atoms with Crippen LogP contribution in [0.2, 0.25) is 0 Å².